The van der Waals surface area contributed by atoms with Gasteiger partial charge in [-0.3, -0.25) is 0 Å². The third kappa shape index (κ3) is 3.81. The van der Waals surface area contributed by atoms with Crippen LogP contribution in [0.4, 0.5) is 0 Å². The molecular formula is C7H14ClNO3S. The Bertz CT molecular complexity index is 246. The number of rotatable bonds is 3. The van der Waals surface area contributed by atoms with Crippen molar-refractivity contribution in [1.82, 2.24) is 4.72 Å². The molecule has 0 aromatic carbocycles. The summed E-state index contributed by atoms with van der Waals surface area (Å²) in [6.45, 7) is 2.42. The van der Waals surface area contributed by atoms with Gasteiger partial charge in [0.25, 0.3) is 0 Å². The van der Waals surface area contributed by atoms with Crippen LogP contribution in [0.15, 0.2) is 0 Å². The van der Waals surface area contributed by atoms with Crippen LogP contribution in [0.5, 0.6) is 0 Å². The fourth-order valence-corrected chi connectivity index (χ4v) is 2.21. The van der Waals surface area contributed by atoms with Crippen LogP contribution in [-0.2, 0) is 14.8 Å². The summed E-state index contributed by atoms with van der Waals surface area (Å²) >= 11 is 5.25. The van der Waals surface area contributed by atoms with Gasteiger partial charge in [0, 0.05) is 6.04 Å². The van der Waals surface area contributed by atoms with Gasteiger partial charge in [-0.05, 0) is 19.8 Å². The van der Waals surface area contributed by atoms with Crippen molar-refractivity contribution in [3.8, 4) is 0 Å². The Hall–Kier alpha value is 0.160. The Balaban J connectivity index is 2.39. The van der Waals surface area contributed by atoms with Crippen LogP contribution >= 0.6 is 11.6 Å². The largest absolute Gasteiger partial charge is 0.377 e. The molecule has 1 saturated heterocycles. The SMILES string of the molecule is CC1CCC(NS(=O)(=O)CCl)CO1. The van der Waals surface area contributed by atoms with Gasteiger partial charge in [-0.2, -0.15) is 0 Å². The number of hydrogen-bond acceptors (Lipinski definition) is 3. The summed E-state index contributed by atoms with van der Waals surface area (Å²) < 4.78 is 29.9. The van der Waals surface area contributed by atoms with Crippen LogP contribution in [0.3, 0.4) is 0 Å². The zero-order valence-corrected chi connectivity index (χ0v) is 9.07. The molecule has 1 aliphatic heterocycles. The molecule has 2 atom stereocenters. The first-order valence-corrected chi connectivity index (χ1v) is 6.40. The molecule has 13 heavy (non-hydrogen) atoms. The molecule has 0 saturated carbocycles. The molecule has 1 N–H and O–H groups in total. The van der Waals surface area contributed by atoms with Gasteiger partial charge in [-0.1, -0.05) is 0 Å². The van der Waals surface area contributed by atoms with E-state index in [1.54, 1.807) is 0 Å². The van der Waals surface area contributed by atoms with Crippen LogP contribution in [0, 0.1) is 0 Å². The Morgan fingerprint density at radius 2 is 2.23 bits per heavy atom. The van der Waals surface area contributed by atoms with Gasteiger partial charge in [0.05, 0.1) is 12.7 Å². The first kappa shape index (κ1) is 11.2. The van der Waals surface area contributed by atoms with Crippen molar-refractivity contribution in [1.29, 1.82) is 0 Å². The molecule has 1 fully saturated rings. The molecule has 0 aromatic rings. The number of alkyl halides is 1. The Labute approximate surface area is 83.7 Å². The van der Waals surface area contributed by atoms with Crippen LogP contribution < -0.4 is 4.72 Å². The van der Waals surface area contributed by atoms with Gasteiger partial charge in [-0.15, -0.1) is 11.6 Å². The van der Waals surface area contributed by atoms with Gasteiger partial charge < -0.3 is 4.74 Å². The van der Waals surface area contributed by atoms with Crippen molar-refractivity contribution in [3.05, 3.63) is 0 Å². The van der Waals surface area contributed by atoms with Crippen molar-refractivity contribution in [2.24, 2.45) is 0 Å². The summed E-state index contributed by atoms with van der Waals surface area (Å²) in [6.07, 6.45) is 1.93. The summed E-state index contributed by atoms with van der Waals surface area (Å²) in [6, 6.07) is -0.111. The summed E-state index contributed by atoms with van der Waals surface area (Å²) in [7, 11) is -3.30. The van der Waals surface area contributed by atoms with Gasteiger partial charge >= 0.3 is 0 Å². The number of halogens is 1. The minimum absolute atomic E-state index is 0.111. The average Bonchev–Trinajstić information content (AvgIpc) is 2.09. The Morgan fingerprint density at radius 1 is 1.54 bits per heavy atom. The molecule has 1 rings (SSSR count). The van der Waals surface area contributed by atoms with E-state index in [-0.39, 0.29) is 17.4 Å². The number of nitrogens with one attached hydrogen (secondary N) is 1. The second-order valence-corrected chi connectivity index (χ2v) is 5.60. The van der Waals surface area contributed by atoms with E-state index in [0.717, 1.165) is 12.8 Å². The maximum Gasteiger partial charge on any atom is 0.225 e. The molecule has 6 heteroatoms. The van der Waals surface area contributed by atoms with E-state index in [9.17, 15) is 8.42 Å². The van der Waals surface area contributed by atoms with Crippen LogP contribution in [0.2, 0.25) is 0 Å². The Kier molecular flexibility index (Phi) is 3.97. The quantitative estimate of drug-likeness (QED) is 0.721. The lowest BCUT2D eigenvalue weighted by molar-refractivity contribution is 0.0136. The van der Waals surface area contributed by atoms with E-state index in [1.807, 2.05) is 6.92 Å². The van der Waals surface area contributed by atoms with Gasteiger partial charge in [-0.25, -0.2) is 13.1 Å². The summed E-state index contributed by atoms with van der Waals surface area (Å²) in [5.74, 6) is 0. The topological polar surface area (TPSA) is 55.4 Å². The first-order chi connectivity index (χ1) is 6.03. The minimum Gasteiger partial charge on any atom is -0.377 e. The molecule has 1 aliphatic rings. The standard InChI is InChI=1S/C7H14ClNO3S/c1-6-2-3-7(4-12-6)9-13(10,11)5-8/h6-7,9H,2-5H2,1H3. The number of hydrogen-bond donors (Lipinski definition) is 1. The molecule has 0 bridgehead atoms. The summed E-state index contributed by atoms with van der Waals surface area (Å²) in [5, 5.41) is -0.390. The molecule has 0 radical (unpaired) electrons. The fraction of sp³-hybridized carbons (Fsp3) is 1.00. The zero-order chi connectivity index (χ0) is 9.90. The highest BCUT2D eigenvalue weighted by Gasteiger charge is 2.22. The molecule has 1 heterocycles. The lowest BCUT2D eigenvalue weighted by atomic mass is 10.1. The lowest BCUT2D eigenvalue weighted by Crippen LogP contribution is -2.42. The maximum atomic E-state index is 11.1. The third-order valence-corrected chi connectivity index (χ3v) is 3.84. The highest BCUT2D eigenvalue weighted by molar-refractivity contribution is 7.90. The van der Waals surface area contributed by atoms with E-state index in [2.05, 4.69) is 4.72 Å². The van der Waals surface area contributed by atoms with E-state index < -0.39 is 10.0 Å². The molecule has 4 nitrogen and oxygen atoms in total. The molecule has 2 unspecified atom stereocenters. The van der Waals surface area contributed by atoms with E-state index >= 15 is 0 Å². The number of sulfonamides is 1. The zero-order valence-electron chi connectivity index (χ0n) is 7.49. The van der Waals surface area contributed by atoms with E-state index in [4.69, 9.17) is 16.3 Å². The van der Waals surface area contributed by atoms with E-state index in [0.29, 0.717) is 6.61 Å². The smallest absolute Gasteiger partial charge is 0.225 e. The molecule has 0 amide bonds. The normalized spacial score (nSPS) is 30.3. The molecule has 0 aromatic heterocycles. The maximum absolute atomic E-state index is 11.1. The first-order valence-electron chi connectivity index (χ1n) is 4.21. The predicted octanol–water partition coefficient (Wildman–Crippen LogP) is 0.670. The van der Waals surface area contributed by atoms with Gasteiger partial charge in [0.2, 0.25) is 10.0 Å². The predicted molar refractivity (Wildman–Crippen MR) is 51.2 cm³/mol. The molecule has 0 spiro atoms. The molecule has 0 aliphatic carbocycles. The van der Waals surface area contributed by atoms with Crippen molar-refractivity contribution in [2.75, 3.05) is 11.8 Å². The van der Waals surface area contributed by atoms with Crippen molar-refractivity contribution in [2.45, 2.75) is 31.9 Å². The van der Waals surface area contributed by atoms with Crippen LogP contribution in [0.25, 0.3) is 0 Å². The highest BCUT2D eigenvalue weighted by Crippen LogP contribution is 2.13. The van der Waals surface area contributed by atoms with Crippen LogP contribution in [0.1, 0.15) is 19.8 Å². The second-order valence-electron chi connectivity index (χ2n) is 3.26. The second kappa shape index (κ2) is 4.59. The number of ether oxygens (including phenoxy) is 1. The summed E-state index contributed by atoms with van der Waals surface area (Å²) in [4.78, 5) is 0. The highest BCUT2D eigenvalue weighted by atomic mass is 35.5. The van der Waals surface area contributed by atoms with E-state index in [1.165, 1.54) is 0 Å². The van der Waals surface area contributed by atoms with Gasteiger partial charge in [0.1, 0.15) is 5.21 Å². The van der Waals surface area contributed by atoms with Crippen molar-refractivity contribution < 1.29 is 13.2 Å². The molecular weight excluding hydrogens is 214 g/mol. The minimum atomic E-state index is -3.30. The summed E-state index contributed by atoms with van der Waals surface area (Å²) in [5.41, 5.74) is 0. The van der Waals surface area contributed by atoms with Crippen molar-refractivity contribution in [3.63, 3.8) is 0 Å². The molecule has 78 valence electrons. The van der Waals surface area contributed by atoms with Gasteiger partial charge in [0.15, 0.2) is 0 Å². The average molecular weight is 228 g/mol. The van der Waals surface area contributed by atoms with Crippen molar-refractivity contribution >= 4 is 21.6 Å². The third-order valence-electron chi connectivity index (χ3n) is 1.99. The Morgan fingerprint density at radius 3 is 2.69 bits per heavy atom. The fourth-order valence-electron chi connectivity index (χ4n) is 1.26. The van der Waals surface area contributed by atoms with Crippen LogP contribution in [-0.4, -0.2) is 32.4 Å². The monoisotopic (exact) mass is 227 g/mol. The lowest BCUT2D eigenvalue weighted by Gasteiger charge is -2.26.